The maximum Gasteiger partial charge on any atom is 0.307 e. The number of halogens is 1. The first-order valence-electron chi connectivity index (χ1n) is 5.54. The van der Waals surface area contributed by atoms with Crippen molar-refractivity contribution in [1.82, 2.24) is 4.90 Å². The van der Waals surface area contributed by atoms with Gasteiger partial charge in [-0.1, -0.05) is 6.07 Å². The van der Waals surface area contributed by atoms with E-state index in [0.29, 0.717) is 12.1 Å². The molecule has 0 aliphatic rings. The monoisotopic (exact) mass is 313 g/mol. The Morgan fingerprint density at radius 2 is 2.06 bits per heavy atom. The molecule has 0 saturated heterocycles. The summed E-state index contributed by atoms with van der Waals surface area (Å²) in [4.78, 5) is 24.6. The minimum absolute atomic E-state index is 0.120. The molecule has 1 rings (SSSR count). The Bertz CT molecular complexity index is 460. The number of rotatable bonds is 4. The van der Waals surface area contributed by atoms with E-state index >= 15 is 0 Å². The fourth-order valence-electron chi connectivity index (χ4n) is 1.46. The fraction of sp³-hybridized carbons (Fsp3) is 0.385. The molecule has 0 unspecified atom stereocenters. The highest BCUT2D eigenvalue weighted by atomic mass is 79.9. The number of amides is 1. The molecule has 0 radical (unpaired) electrons. The van der Waals surface area contributed by atoms with Gasteiger partial charge in [0.1, 0.15) is 0 Å². The lowest BCUT2D eigenvalue weighted by molar-refractivity contribution is -0.140. The molecule has 5 heteroatoms. The van der Waals surface area contributed by atoms with E-state index in [1.165, 1.54) is 12.0 Å². The van der Waals surface area contributed by atoms with Crippen LogP contribution in [0.25, 0.3) is 0 Å². The molecule has 0 spiro atoms. The van der Waals surface area contributed by atoms with Gasteiger partial charge in [-0.25, -0.2) is 0 Å². The molecule has 0 aliphatic carbocycles. The Kier molecular flexibility index (Phi) is 5.34. The van der Waals surface area contributed by atoms with Gasteiger partial charge >= 0.3 is 5.97 Å². The van der Waals surface area contributed by atoms with Gasteiger partial charge in [-0.15, -0.1) is 0 Å². The van der Waals surface area contributed by atoms with Gasteiger partial charge < -0.3 is 9.64 Å². The van der Waals surface area contributed by atoms with Crippen molar-refractivity contribution in [3.8, 4) is 0 Å². The number of carbonyl (C=O) groups is 2. The third-order valence-corrected chi connectivity index (χ3v) is 3.24. The zero-order chi connectivity index (χ0) is 13.7. The summed E-state index contributed by atoms with van der Waals surface area (Å²) in [6.07, 6.45) is 0.197. The van der Waals surface area contributed by atoms with E-state index in [-0.39, 0.29) is 18.3 Å². The number of ether oxygens (including phenoxy) is 1. The van der Waals surface area contributed by atoms with Crippen LogP contribution in [0.15, 0.2) is 22.7 Å². The van der Waals surface area contributed by atoms with Gasteiger partial charge in [0.05, 0.1) is 19.1 Å². The van der Waals surface area contributed by atoms with E-state index in [1.54, 1.807) is 13.1 Å². The van der Waals surface area contributed by atoms with Crippen LogP contribution in [0.4, 0.5) is 0 Å². The third kappa shape index (κ3) is 3.84. The van der Waals surface area contributed by atoms with Crippen molar-refractivity contribution >= 4 is 27.8 Å². The number of carbonyl (C=O) groups excluding carboxylic acids is 2. The number of hydrogen-bond acceptors (Lipinski definition) is 3. The molecular formula is C13H16BrNO3. The maximum atomic E-state index is 12.1. The predicted molar refractivity (Wildman–Crippen MR) is 72.5 cm³/mol. The predicted octanol–water partition coefficient (Wildman–Crippen LogP) is 2.39. The quantitative estimate of drug-likeness (QED) is 0.802. The molecule has 0 aromatic heterocycles. The van der Waals surface area contributed by atoms with Crippen molar-refractivity contribution in [2.75, 3.05) is 20.7 Å². The topological polar surface area (TPSA) is 46.6 Å². The molecule has 18 heavy (non-hydrogen) atoms. The van der Waals surface area contributed by atoms with Gasteiger partial charge in [-0.3, -0.25) is 9.59 Å². The molecule has 4 nitrogen and oxygen atoms in total. The summed E-state index contributed by atoms with van der Waals surface area (Å²) in [5.41, 5.74) is 1.67. The molecule has 0 saturated carbocycles. The molecule has 0 atom stereocenters. The Balaban J connectivity index is 2.71. The van der Waals surface area contributed by atoms with Crippen LogP contribution >= 0.6 is 15.9 Å². The smallest absolute Gasteiger partial charge is 0.307 e. The van der Waals surface area contributed by atoms with E-state index in [1.807, 2.05) is 19.1 Å². The lowest BCUT2D eigenvalue weighted by atomic mass is 10.1. The summed E-state index contributed by atoms with van der Waals surface area (Å²) < 4.78 is 5.30. The number of esters is 1. The van der Waals surface area contributed by atoms with Crippen molar-refractivity contribution in [3.63, 3.8) is 0 Å². The Labute approximate surface area is 115 Å². The molecular weight excluding hydrogens is 298 g/mol. The van der Waals surface area contributed by atoms with Crippen LogP contribution in [-0.2, 0) is 9.53 Å². The Morgan fingerprint density at radius 3 is 2.61 bits per heavy atom. The van der Waals surface area contributed by atoms with Crippen molar-refractivity contribution in [3.05, 3.63) is 33.8 Å². The second-order valence-electron chi connectivity index (χ2n) is 4.04. The first-order chi connectivity index (χ1) is 8.45. The average Bonchev–Trinajstić information content (AvgIpc) is 2.34. The SMILES string of the molecule is COC(=O)CCN(C)C(=O)c1ccc(C)cc1Br. The molecule has 0 bridgehead atoms. The first-order valence-corrected chi connectivity index (χ1v) is 6.33. The van der Waals surface area contributed by atoms with Gasteiger partial charge in [0, 0.05) is 18.1 Å². The number of benzene rings is 1. The summed E-state index contributed by atoms with van der Waals surface area (Å²) >= 11 is 3.37. The van der Waals surface area contributed by atoms with Crippen molar-refractivity contribution < 1.29 is 14.3 Å². The van der Waals surface area contributed by atoms with Crippen LogP contribution in [0, 0.1) is 6.92 Å². The number of methoxy groups -OCH3 is 1. The van der Waals surface area contributed by atoms with E-state index in [0.717, 1.165) is 10.0 Å². The zero-order valence-electron chi connectivity index (χ0n) is 10.7. The maximum absolute atomic E-state index is 12.1. The molecule has 0 fully saturated rings. The molecule has 1 aromatic carbocycles. The van der Waals surface area contributed by atoms with Gasteiger partial charge in [0.2, 0.25) is 0 Å². The molecule has 0 heterocycles. The highest BCUT2D eigenvalue weighted by Gasteiger charge is 2.15. The zero-order valence-corrected chi connectivity index (χ0v) is 12.3. The summed E-state index contributed by atoms with van der Waals surface area (Å²) in [6.45, 7) is 2.30. The highest BCUT2D eigenvalue weighted by Crippen LogP contribution is 2.19. The summed E-state index contributed by atoms with van der Waals surface area (Å²) in [5, 5.41) is 0. The summed E-state index contributed by atoms with van der Waals surface area (Å²) in [7, 11) is 3.00. The number of aryl methyl sites for hydroxylation is 1. The fourth-order valence-corrected chi connectivity index (χ4v) is 2.12. The van der Waals surface area contributed by atoms with Gasteiger partial charge in [0.25, 0.3) is 5.91 Å². The van der Waals surface area contributed by atoms with Crippen LogP contribution in [0.3, 0.4) is 0 Å². The molecule has 98 valence electrons. The summed E-state index contributed by atoms with van der Waals surface area (Å²) in [5.74, 6) is -0.441. The van der Waals surface area contributed by atoms with Crippen molar-refractivity contribution in [1.29, 1.82) is 0 Å². The standard InChI is InChI=1S/C13H16BrNO3/c1-9-4-5-10(11(14)8-9)13(17)15(2)7-6-12(16)18-3/h4-5,8H,6-7H2,1-3H3. The van der Waals surface area contributed by atoms with Gasteiger partial charge in [-0.2, -0.15) is 0 Å². The third-order valence-electron chi connectivity index (χ3n) is 2.58. The van der Waals surface area contributed by atoms with E-state index < -0.39 is 0 Å². The molecule has 0 N–H and O–H groups in total. The molecule has 0 aliphatic heterocycles. The number of nitrogens with zero attached hydrogens (tertiary/aromatic N) is 1. The van der Waals surface area contributed by atoms with Crippen LogP contribution in [0.2, 0.25) is 0 Å². The number of hydrogen-bond donors (Lipinski definition) is 0. The van der Waals surface area contributed by atoms with Crippen molar-refractivity contribution in [2.45, 2.75) is 13.3 Å². The lowest BCUT2D eigenvalue weighted by Gasteiger charge is -2.17. The summed E-state index contributed by atoms with van der Waals surface area (Å²) in [6, 6.07) is 5.55. The minimum Gasteiger partial charge on any atom is -0.469 e. The van der Waals surface area contributed by atoms with Crippen molar-refractivity contribution in [2.24, 2.45) is 0 Å². The minimum atomic E-state index is -0.322. The van der Waals surface area contributed by atoms with Gasteiger partial charge in [-0.05, 0) is 40.5 Å². The van der Waals surface area contributed by atoms with Gasteiger partial charge in [0.15, 0.2) is 0 Å². The normalized spacial score (nSPS) is 10.0. The second-order valence-corrected chi connectivity index (χ2v) is 4.89. The largest absolute Gasteiger partial charge is 0.469 e. The van der Waals surface area contributed by atoms with Crippen LogP contribution in [0.1, 0.15) is 22.3 Å². The van der Waals surface area contributed by atoms with Crippen LogP contribution < -0.4 is 0 Å². The van der Waals surface area contributed by atoms with Crippen LogP contribution in [0.5, 0.6) is 0 Å². The van der Waals surface area contributed by atoms with E-state index in [9.17, 15) is 9.59 Å². The highest BCUT2D eigenvalue weighted by molar-refractivity contribution is 9.10. The lowest BCUT2D eigenvalue weighted by Crippen LogP contribution is -2.29. The van der Waals surface area contributed by atoms with E-state index in [4.69, 9.17) is 0 Å². The average molecular weight is 314 g/mol. The second kappa shape index (κ2) is 6.54. The molecule has 1 aromatic rings. The van der Waals surface area contributed by atoms with Crippen LogP contribution in [-0.4, -0.2) is 37.5 Å². The Hall–Kier alpha value is -1.36. The van der Waals surface area contributed by atoms with E-state index in [2.05, 4.69) is 20.7 Å². The molecule has 1 amide bonds. The first kappa shape index (κ1) is 14.7. The Morgan fingerprint density at radius 1 is 1.39 bits per heavy atom.